The molecule has 6 aliphatic rings. The zero-order valence-corrected chi connectivity index (χ0v) is 57.2. The van der Waals surface area contributed by atoms with Gasteiger partial charge in [0.2, 0.25) is 6.71 Å². The van der Waals surface area contributed by atoms with Gasteiger partial charge in [-0.1, -0.05) is 276 Å². The van der Waals surface area contributed by atoms with E-state index in [1.807, 2.05) is 0 Å². The molecule has 8 heteroatoms. The van der Waals surface area contributed by atoms with Crippen LogP contribution in [0, 0.1) is 0 Å². The van der Waals surface area contributed by atoms with Gasteiger partial charge in [0.15, 0.2) is 0 Å². The molecule has 0 fully saturated rings. The lowest BCUT2D eigenvalue weighted by molar-refractivity contribution is 0.511. The highest BCUT2D eigenvalue weighted by atomic mass is 16.5. The fourth-order valence-electron chi connectivity index (χ4n) is 18.1. The van der Waals surface area contributed by atoms with E-state index in [0.717, 1.165) is 124 Å². The molecule has 0 radical (unpaired) electrons. The molecule has 0 spiro atoms. The summed E-state index contributed by atoms with van der Waals surface area (Å²) >= 11 is 0. The average Bonchev–Trinajstić information content (AvgIpc) is 1.34. The highest BCUT2D eigenvalue weighted by molar-refractivity contribution is 6.99. The summed E-state index contributed by atoms with van der Waals surface area (Å²) in [4.78, 5) is 12.8. The molecule has 20 rings (SSSR count). The fourth-order valence-corrected chi connectivity index (χ4v) is 18.1. The topological polar surface area (TPSA) is 25.4 Å². The molecule has 4 aliphatic heterocycles. The average molecular weight is 1310 g/mol. The first kappa shape index (κ1) is 59.5. The van der Waals surface area contributed by atoms with E-state index in [0.29, 0.717) is 0 Å². The maximum absolute atomic E-state index is 7.81. The molecular weight excluding hydrogens is 1240 g/mol. The normalized spacial score (nSPS) is 14.9. The van der Waals surface area contributed by atoms with Crippen LogP contribution in [0.25, 0.3) is 33.7 Å². The van der Waals surface area contributed by atoms with Crippen LogP contribution in [0.5, 0.6) is 5.75 Å². The Morgan fingerprint density at radius 1 is 0.294 bits per heavy atom. The Morgan fingerprint density at radius 2 is 0.667 bits per heavy atom. The number of nitrogens with zero attached hydrogens (tertiary/aromatic N) is 5. The van der Waals surface area contributed by atoms with E-state index in [1.54, 1.807) is 0 Å². The van der Waals surface area contributed by atoms with Gasteiger partial charge in [-0.15, -0.1) is 0 Å². The van der Waals surface area contributed by atoms with E-state index < -0.39 is 10.8 Å². The van der Waals surface area contributed by atoms with E-state index >= 15 is 0 Å². The van der Waals surface area contributed by atoms with Gasteiger partial charge in [0.25, 0.3) is 6.71 Å². The van der Waals surface area contributed by atoms with Crippen molar-refractivity contribution < 1.29 is 4.74 Å². The van der Waals surface area contributed by atoms with Gasteiger partial charge in [-0.2, -0.15) is 0 Å². The molecule has 2 aliphatic carbocycles. The fraction of sp³-hybridized carbons (Fsp3) is 0.0638. The Bertz CT molecular complexity index is 5620. The standard InChI is InChI=1S/C94H69B2N5O/c1-93(2)76-54-31-29-50-74(76)89-91(93)95-79-60-78-80(99(68-46-25-11-26-47-68)84-58-71(98(66-42-21-9-22-43-66)67-44-23-10-24-45-67)59-85-87(84)96(78)92-90(102-85)75-51-30-32-55-77(75)94(92,3)4)61-81(79)101(88-72(62-34-13-5-14-35-62)52-33-53-73(88)63-36-15-6-16-37-63)83-57-70(56-82(86(83)95)100(89)69-48-27-12-28-49-69)97(64-38-17-7-18-39-64)65-40-19-8-20-41-65/h5-61H,1-4H3. The van der Waals surface area contributed by atoms with Crippen molar-refractivity contribution in [1.82, 2.24) is 0 Å². The maximum Gasteiger partial charge on any atom is 0.252 e. The molecule has 0 amide bonds. The van der Waals surface area contributed by atoms with Crippen LogP contribution in [0.15, 0.2) is 357 Å². The van der Waals surface area contributed by atoms with E-state index in [-0.39, 0.29) is 13.4 Å². The molecule has 0 bridgehead atoms. The first-order chi connectivity index (χ1) is 50.2. The molecule has 0 aromatic heterocycles. The van der Waals surface area contributed by atoms with Crippen molar-refractivity contribution in [2.75, 3.05) is 24.5 Å². The molecule has 0 saturated heterocycles. The number of hydrogen-bond acceptors (Lipinski definition) is 6. The minimum absolute atomic E-state index is 0.248. The van der Waals surface area contributed by atoms with Crippen molar-refractivity contribution in [3.05, 3.63) is 379 Å². The summed E-state index contributed by atoms with van der Waals surface area (Å²) < 4.78 is 7.81. The maximum atomic E-state index is 7.81. The van der Waals surface area contributed by atoms with Crippen LogP contribution in [0.3, 0.4) is 0 Å². The lowest BCUT2D eigenvalue weighted by atomic mass is 9.27. The van der Waals surface area contributed by atoms with Crippen LogP contribution < -0.4 is 51.1 Å². The molecular formula is C94H69B2N5O. The number of hydrogen-bond donors (Lipinski definition) is 0. The predicted octanol–water partition coefficient (Wildman–Crippen LogP) is 21.8. The van der Waals surface area contributed by atoms with Crippen molar-refractivity contribution in [3.8, 4) is 28.0 Å². The van der Waals surface area contributed by atoms with E-state index in [2.05, 4.69) is 398 Å². The summed E-state index contributed by atoms with van der Waals surface area (Å²) in [6.45, 7) is 9.34. The number of ether oxygens (including phenoxy) is 1. The molecule has 14 aromatic rings. The SMILES string of the molecule is CC1(C)C2=C(Oc3cc(N(c4ccccc4)c4ccccc4)cc4c3B2c2cc3c(cc2N4c2ccccc2)N(c2c(-c4ccccc4)cccc2-c2ccccc2)c2cc(N(c4ccccc4)c4ccccc4)cc4c2B3C2=C(c3ccccc3C2(C)C)N4c2ccccc2)c2ccccc21. The Kier molecular flexibility index (Phi) is 13.4. The number of anilines is 14. The van der Waals surface area contributed by atoms with Crippen LogP contribution in [-0.4, -0.2) is 13.4 Å². The summed E-state index contributed by atoms with van der Waals surface area (Å²) in [5, 5.41) is 0. The zero-order valence-electron chi connectivity index (χ0n) is 57.2. The van der Waals surface area contributed by atoms with Gasteiger partial charge >= 0.3 is 0 Å². The second kappa shape index (κ2) is 23.0. The Morgan fingerprint density at radius 3 is 1.18 bits per heavy atom. The van der Waals surface area contributed by atoms with Gasteiger partial charge < -0.3 is 29.2 Å². The molecule has 0 atom stereocenters. The summed E-state index contributed by atoms with van der Waals surface area (Å²) in [7, 11) is 0. The monoisotopic (exact) mass is 1310 g/mol. The third-order valence-electron chi connectivity index (χ3n) is 22.4. The molecule has 0 unspecified atom stereocenters. The number of allylic oxidation sites excluding steroid dienone is 2. The zero-order chi connectivity index (χ0) is 68.0. The molecule has 0 N–H and O–H groups in total. The third kappa shape index (κ3) is 8.88. The van der Waals surface area contributed by atoms with Crippen LogP contribution >= 0.6 is 0 Å². The van der Waals surface area contributed by atoms with Gasteiger partial charge in [-0.25, -0.2) is 0 Å². The van der Waals surface area contributed by atoms with Crippen LogP contribution in [-0.2, 0) is 10.8 Å². The summed E-state index contributed by atoms with van der Waals surface area (Å²) in [5.74, 6) is 1.79. The highest BCUT2D eigenvalue weighted by Gasteiger charge is 2.57. The van der Waals surface area contributed by atoms with E-state index in [1.165, 1.54) is 49.7 Å². The van der Waals surface area contributed by atoms with Gasteiger partial charge in [0, 0.05) is 107 Å². The number of rotatable bonds is 11. The van der Waals surface area contributed by atoms with Crippen molar-refractivity contribution in [3.63, 3.8) is 0 Å². The summed E-state index contributed by atoms with van der Waals surface area (Å²) in [6.07, 6.45) is 0. The minimum atomic E-state index is -0.455. The lowest BCUT2D eigenvalue weighted by Crippen LogP contribution is -2.61. The van der Waals surface area contributed by atoms with Crippen molar-refractivity contribution in [2.45, 2.75) is 38.5 Å². The number of para-hydroxylation sites is 7. The van der Waals surface area contributed by atoms with Crippen LogP contribution in [0.1, 0.15) is 49.9 Å². The molecule has 102 heavy (non-hydrogen) atoms. The van der Waals surface area contributed by atoms with Crippen LogP contribution in [0.4, 0.5) is 79.6 Å². The van der Waals surface area contributed by atoms with Gasteiger partial charge in [0.05, 0.1) is 17.1 Å². The molecule has 6 nitrogen and oxygen atoms in total. The van der Waals surface area contributed by atoms with Crippen LogP contribution in [0.2, 0.25) is 0 Å². The predicted molar refractivity (Wildman–Crippen MR) is 428 cm³/mol. The summed E-state index contributed by atoms with van der Waals surface area (Å²) in [5.41, 5.74) is 32.4. The highest BCUT2D eigenvalue weighted by Crippen LogP contribution is 2.60. The molecule has 14 aromatic carbocycles. The van der Waals surface area contributed by atoms with E-state index in [4.69, 9.17) is 4.74 Å². The first-order valence-electron chi connectivity index (χ1n) is 35.6. The van der Waals surface area contributed by atoms with Crippen molar-refractivity contribution >= 4 is 126 Å². The molecule has 482 valence electrons. The smallest absolute Gasteiger partial charge is 0.252 e. The van der Waals surface area contributed by atoms with Crippen molar-refractivity contribution in [1.29, 1.82) is 0 Å². The second-order valence-corrected chi connectivity index (χ2v) is 28.7. The number of fused-ring (bicyclic) bond motifs is 10. The number of benzene rings is 14. The first-order valence-corrected chi connectivity index (χ1v) is 35.6. The Labute approximate surface area is 597 Å². The van der Waals surface area contributed by atoms with Crippen molar-refractivity contribution in [2.24, 2.45) is 0 Å². The quantitative estimate of drug-likeness (QED) is 0.120. The third-order valence-corrected chi connectivity index (χ3v) is 22.4. The lowest BCUT2D eigenvalue weighted by Gasteiger charge is -2.48. The second-order valence-electron chi connectivity index (χ2n) is 28.7. The van der Waals surface area contributed by atoms with Gasteiger partial charge in [-0.05, 0) is 147 Å². The van der Waals surface area contributed by atoms with Gasteiger partial charge in [-0.3, -0.25) is 0 Å². The Hall–Kier alpha value is -12.5. The summed E-state index contributed by atoms with van der Waals surface area (Å²) in [6, 6.07) is 128. The molecule has 0 saturated carbocycles. The largest absolute Gasteiger partial charge is 0.458 e. The molecule has 4 heterocycles. The Balaban J connectivity index is 0.973. The van der Waals surface area contributed by atoms with E-state index in [9.17, 15) is 0 Å². The minimum Gasteiger partial charge on any atom is -0.458 e. The van der Waals surface area contributed by atoms with Gasteiger partial charge in [0.1, 0.15) is 11.5 Å².